The van der Waals surface area contributed by atoms with Crippen LogP contribution < -0.4 is 0 Å². The van der Waals surface area contributed by atoms with Crippen LogP contribution in [0.5, 0.6) is 0 Å². The maximum Gasteiger partial charge on any atom is 0.135 e. The molecule has 126 valence electrons. The molecule has 1 atom stereocenters. The van der Waals surface area contributed by atoms with Gasteiger partial charge < -0.3 is 9.52 Å². The molecule has 0 saturated carbocycles. The molecule has 6 heteroatoms. The Hall–Kier alpha value is -1.73. The lowest BCUT2D eigenvalue weighted by Gasteiger charge is -2.35. The second-order valence-corrected chi connectivity index (χ2v) is 7.22. The number of nitrogens with zero attached hydrogens (tertiary/aromatic N) is 3. The highest BCUT2D eigenvalue weighted by molar-refractivity contribution is 7.09. The Balaban J connectivity index is 1.31. The summed E-state index contributed by atoms with van der Waals surface area (Å²) < 4.78 is 5.77. The van der Waals surface area contributed by atoms with Gasteiger partial charge in [0.1, 0.15) is 17.4 Å². The van der Waals surface area contributed by atoms with E-state index in [2.05, 4.69) is 14.8 Å². The first-order chi connectivity index (χ1) is 11.8. The number of aliphatic hydroxyl groups excluding tert-OH is 1. The van der Waals surface area contributed by atoms with Gasteiger partial charge in [-0.3, -0.25) is 14.8 Å². The number of hydrogen-bond acceptors (Lipinski definition) is 6. The SMILES string of the molecule is O[C@H](CN1CCN(Cc2cncs2)CC1)c1cc2ccccc2o1. The van der Waals surface area contributed by atoms with Crippen LogP contribution in [-0.4, -0.2) is 52.6 Å². The van der Waals surface area contributed by atoms with Crippen LogP contribution in [-0.2, 0) is 6.54 Å². The summed E-state index contributed by atoms with van der Waals surface area (Å²) >= 11 is 1.71. The summed E-state index contributed by atoms with van der Waals surface area (Å²) in [6.45, 7) is 5.57. The number of para-hydroxylation sites is 1. The Labute approximate surface area is 145 Å². The van der Waals surface area contributed by atoms with E-state index in [-0.39, 0.29) is 0 Å². The van der Waals surface area contributed by atoms with E-state index >= 15 is 0 Å². The summed E-state index contributed by atoms with van der Waals surface area (Å²) in [7, 11) is 0. The molecule has 2 aromatic heterocycles. The molecule has 0 unspecified atom stereocenters. The number of fused-ring (bicyclic) bond motifs is 1. The molecule has 4 rings (SSSR count). The van der Waals surface area contributed by atoms with Gasteiger partial charge in [0.2, 0.25) is 0 Å². The maximum absolute atomic E-state index is 10.5. The van der Waals surface area contributed by atoms with E-state index in [9.17, 15) is 5.11 Å². The van der Waals surface area contributed by atoms with Crippen molar-refractivity contribution >= 4 is 22.3 Å². The van der Waals surface area contributed by atoms with Crippen LogP contribution in [0, 0.1) is 0 Å². The first-order valence-electron chi connectivity index (χ1n) is 8.26. The number of thiazole rings is 1. The normalized spacial score (nSPS) is 18.2. The number of benzene rings is 1. The van der Waals surface area contributed by atoms with Crippen molar-refractivity contribution in [3.8, 4) is 0 Å². The highest BCUT2D eigenvalue weighted by Crippen LogP contribution is 2.24. The van der Waals surface area contributed by atoms with Crippen molar-refractivity contribution in [2.24, 2.45) is 0 Å². The fourth-order valence-electron chi connectivity index (χ4n) is 3.17. The third-order valence-corrected chi connectivity index (χ3v) is 5.30. The molecule has 0 spiro atoms. The average molecular weight is 343 g/mol. The summed E-state index contributed by atoms with van der Waals surface area (Å²) in [4.78, 5) is 10.2. The topological polar surface area (TPSA) is 52.7 Å². The van der Waals surface area contributed by atoms with Gasteiger partial charge in [-0.15, -0.1) is 11.3 Å². The number of furan rings is 1. The Bertz CT molecular complexity index is 746. The molecule has 1 aliphatic rings. The molecule has 1 N–H and O–H groups in total. The number of hydrogen-bond donors (Lipinski definition) is 1. The number of aromatic nitrogens is 1. The molecule has 1 aromatic carbocycles. The van der Waals surface area contributed by atoms with E-state index in [0.717, 1.165) is 43.7 Å². The lowest BCUT2D eigenvalue weighted by molar-refractivity contribution is 0.0608. The van der Waals surface area contributed by atoms with Crippen LogP contribution in [0.3, 0.4) is 0 Å². The van der Waals surface area contributed by atoms with Crippen molar-refractivity contribution < 1.29 is 9.52 Å². The standard InChI is InChI=1S/C18H21N3O2S/c22-16(18-9-14-3-1-2-4-17(14)23-18)12-21-7-5-20(6-8-21)11-15-10-19-13-24-15/h1-4,9-10,13,16,22H,5-8,11-12H2/t16-/m1/s1. The molecule has 1 saturated heterocycles. The Morgan fingerprint density at radius 3 is 2.71 bits per heavy atom. The van der Waals surface area contributed by atoms with Crippen molar-refractivity contribution in [3.63, 3.8) is 0 Å². The molecule has 3 aromatic rings. The largest absolute Gasteiger partial charge is 0.458 e. The zero-order valence-corrected chi connectivity index (χ0v) is 14.3. The van der Waals surface area contributed by atoms with E-state index in [1.807, 2.05) is 42.0 Å². The van der Waals surface area contributed by atoms with Crippen molar-refractivity contribution in [2.75, 3.05) is 32.7 Å². The van der Waals surface area contributed by atoms with Crippen LogP contribution in [0.2, 0.25) is 0 Å². The Morgan fingerprint density at radius 1 is 1.17 bits per heavy atom. The number of aliphatic hydroxyl groups is 1. The first-order valence-corrected chi connectivity index (χ1v) is 9.14. The number of piperazine rings is 1. The van der Waals surface area contributed by atoms with E-state index in [1.165, 1.54) is 4.88 Å². The molecule has 1 fully saturated rings. The van der Waals surface area contributed by atoms with Gasteiger partial charge in [0.15, 0.2) is 0 Å². The molecule has 1 aliphatic heterocycles. The van der Waals surface area contributed by atoms with E-state index in [0.29, 0.717) is 12.3 Å². The van der Waals surface area contributed by atoms with Crippen LogP contribution in [0.15, 0.2) is 46.5 Å². The van der Waals surface area contributed by atoms with Gasteiger partial charge in [-0.1, -0.05) is 18.2 Å². The van der Waals surface area contributed by atoms with Gasteiger partial charge in [0.25, 0.3) is 0 Å². The minimum Gasteiger partial charge on any atom is -0.458 e. The molecule has 0 amide bonds. The van der Waals surface area contributed by atoms with E-state index in [1.54, 1.807) is 11.3 Å². The quantitative estimate of drug-likeness (QED) is 0.772. The van der Waals surface area contributed by atoms with Crippen LogP contribution in [0.1, 0.15) is 16.7 Å². The van der Waals surface area contributed by atoms with Crippen molar-refractivity contribution in [3.05, 3.63) is 52.7 Å². The van der Waals surface area contributed by atoms with Gasteiger partial charge in [-0.2, -0.15) is 0 Å². The zero-order valence-electron chi connectivity index (χ0n) is 13.5. The summed E-state index contributed by atoms with van der Waals surface area (Å²) in [6, 6.07) is 9.82. The lowest BCUT2D eigenvalue weighted by atomic mass is 10.2. The third-order valence-electron chi connectivity index (χ3n) is 4.53. The molecule has 0 radical (unpaired) electrons. The van der Waals surface area contributed by atoms with Crippen molar-refractivity contribution in [2.45, 2.75) is 12.6 Å². The first kappa shape index (κ1) is 15.8. The Morgan fingerprint density at radius 2 is 1.96 bits per heavy atom. The van der Waals surface area contributed by atoms with E-state index < -0.39 is 6.10 Å². The van der Waals surface area contributed by atoms with Gasteiger partial charge in [0, 0.05) is 55.7 Å². The van der Waals surface area contributed by atoms with Crippen LogP contribution in [0.25, 0.3) is 11.0 Å². The van der Waals surface area contributed by atoms with Crippen LogP contribution >= 0.6 is 11.3 Å². The fraction of sp³-hybridized carbons (Fsp3) is 0.389. The van der Waals surface area contributed by atoms with Crippen molar-refractivity contribution in [1.29, 1.82) is 0 Å². The van der Waals surface area contributed by atoms with Gasteiger partial charge in [-0.05, 0) is 12.1 Å². The summed E-state index contributed by atoms with van der Waals surface area (Å²) in [6.07, 6.45) is 1.37. The molecular formula is C18H21N3O2S. The Kier molecular flexibility index (Phi) is 4.62. The van der Waals surface area contributed by atoms with Gasteiger partial charge >= 0.3 is 0 Å². The molecule has 5 nitrogen and oxygen atoms in total. The minimum absolute atomic E-state index is 0.578. The highest BCUT2D eigenvalue weighted by atomic mass is 32.1. The average Bonchev–Trinajstić information content (AvgIpc) is 3.25. The molecular weight excluding hydrogens is 322 g/mol. The highest BCUT2D eigenvalue weighted by Gasteiger charge is 2.22. The molecule has 3 heterocycles. The lowest BCUT2D eigenvalue weighted by Crippen LogP contribution is -2.46. The predicted octanol–water partition coefficient (Wildman–Crippen LogP) is 2.74. The summed E-state index contributed by atoms with van der Waals surface area (Å²) in [5.41, 5.74) is 2.72. The van der Waals surface area contributed by atoms with Crippen LogP contribution in [0.4, 0.5) is 0 Å². The van der Waals surface area contributed by atoms with E-state index in [4.69, 9.17) is 4.42 Å². The minimum atomic E-state index is -0.578. The number of β-amino-alcohol motifs (C(OH)–C–C–N with tert-alkyl or cyclic N) is 1. The summed E-state index contributed by atoms with van der Waals surface area (Å²) in [5, 5.41) is 11.5. The monoisotopic (exact) mass is 343 g/mol. The number of rotatable bonds is 5. The fourth-order valence-corrected chi connectivity index (χ4v) is 3.81. The van der Waals surface area contributed by atoms with Gasteiger partial charge in [0.05, 0.1) is 5.51 Å². The maximum atomic E-state index is 10.5. The zero-order chi connectivity index (χ0) is 16.4. The van der Waals surface area contributed by atoms with Crippen molar-refractivity contribution in [1.82, 2.24) is 14.8 Å². The summed E-state index contributed by atoms with van der Waals surface area (Å²) in [5.74, 6) is 0.656. The molecule has 0 bridgehead atoms. The molecule has 24 heavy (non-hydrogen) atoms. The molecule has 0 aliphatic carbocycles. The smallest absolute Gasteiger partial charge is 0.135 e. The third kappa shape index (κ3) is 3.52. The van der Waals surface area contributed by atoms with Gasteiger partial charge in [-0.25, -0.2) is 0 Å². The second kappa shape index (κ2) is 7.03. The predicted molar refractivity (Wildman–Crippen MR) is 95.0 cm³/mol. The second-order valence-electron chi connectivity index (χ2n) is 6.25.